The number of rotatable bonds is 6. The Labute approximate surface area is 113 Å². The van der Waals surface area contributed by atoms with Gasteiger partial charge < -0.3 is 4.98 Å². The monoisotopic (exact) mass is 260 g/mol. The van der Waals surface area contributed by atoms with Gasteiger partial charge in [-0.25, -0.2) is 9.99 Å². The number of hydrogen-bond donors (Lipinski definition) is 2. The molecular formula is C14H20N4O. The first-order valence-electron chi connectivity index (χ1n) is 6.54. The molecule has 0 atom stereocenters. The third-order valence-corrected chi connectivity index (χ3v) is 2.95. The van der Waals surface area contributed by atoms with Gasteiger partial charge in [0.1, 0.15) is 0 Å². The van der Waals surface area contributed by atoms with Crippen LogP contribution in [0.2, 0.25) is 0 Å². The number of hydrogen-bond acceptors (Lipinski definition) is 3. The molecule has 0 bridgehead atoms. The average molecular weight is 260 g/mol. The van der Waals surface area contributed by atoms with E-state index in [1.165, 1.54) is 5.56 Å². The van der Waals surface area contributed by atoms with E-state index in [0.717, 1.165) is 30.3 Å². The number of carbonyl (C=O) groups is 1. The molecule has 0 aliphatic carbocycles. The minimum atomic E-state index is 0.0778. The van der Waals surface area contributed by atoms with Gasteiger partial charge in [0.05, 0.1) is 17.4 Å². The first kappa shape index (κ1) is 13.5. The van der Waals surface area contributed by atoms with Crippen LogP contribution < -0.4 is 5.43 Å². The Morgan fingerprint density at radius 3 is 3.00 bits per heavy atom. The predicted octanol–water partition coefficient (Wildman–Crippen LogP) is 1.87. The van der Waals surface area contributed by atoms with Crippen LogP contribution in [0.5, 0.6) is 0 Å². The number of hydrazine groups is 1. The summed E-state index contributed by atoms with van der Waals surface area (Å²) >= 11 is 0. The average Bonchev–Trinajstić information content (AvgIpc) is 2.81. The Hall–Kier alpha value is -1.88. The zero-order valence-corrected chi connectivity index (χ0v) is 11.4. The summed E-state index contributed by atoms with van der Waals surface area (Å²) in [4.78, 5) is 18.7. The standard InChI is InChI=1S/C14H20N4O/c1-18(2)17-14(19)6-4-3-5-11-7-8-12-13(9-11)16-10-15-12/h7-10H,3-6H2,1-2H3,(H,15,16)(H,17,19). The molecule has 0 aliphatic heterocycles. The summed E-state index contributed by atoms with van der Waals surface area (Å²) in [6.07, 6.45) is 5.19. The summed E-state index contributed by atoms with van der Waals surface area (Å²) in [5.41, 5.74) is 6.09. The molecule has 5 heteroatoms. The number of aromatic nitrogens is 2. The first-order valence-corrected chi connectivity index (χ1v) is 6.54. The van der Waals surface area contributed by atoms with Crippen molar-refractivity contribution < 1.29 is 4.79 Å². The minimum Gasteiger partial charge on any atom is -0.345 e. The number of H-pyrrole nitrogens is 1. The van der Waals surface area contributed by atoms with Crippen LogP contribution in [0.4, 0.5) is 0 Å². The highest BCUT2D eigenvalue weighted by molar-refractivity contribution is 5.75. The molecule has 1 heterocycles. The van der Waals surface area contributed by atoms with Crippen LogP contribution in [0.15, 0.2) is 24.5 Å². The summed E-state index contributed by atoms with van der Waals surface area (Å²) in [6, 6.07) is 6.26. The van der Waals surface area contributed by atoms with Gasteiger partial charge in [-0.05, 0) is 37.0 Å². The molecule has 102 valence electrons. The number of aromatic amines is 1. The molecule has 19 heavy (non-hydrogen) atoms. The molecule has 2 N–H and O–H groups in total. The lowest BCUT2D eigenvalue weighted by Crippen LogP contribution is -2.35. The van der Waals surface area contributed by atoms with Crippen LogP contribution >= 0.6 is 0 Å². The van der Waals surface area contributed by atoms with Crippen LogP contribution in [-0.4, -0.2) is 35.0 Å². The Morgan fingerprint density at radius 2 is 2.21 bits per heavy atom. The molecule has 2 rings (SSSR count). The van der Waals surface area contributed by atoms with E-state index in [2.05, 4.69) is 27.5 Å². The topological polar surface area (TPSA) is 61.0 Å². The lowest BCUT2D eigenvalue weighted by Gasteiger charge is -2.11. The Morgan fingerprint density at radius 1 is 1.37 bits per heavy atom. The molecular weight excluding hydrogens is 240 g/mol. The second-order valence-electron chi connectivity index (χ2n) is 4.89. The highest BCUT2D eigenvalue weighted by Gasteiger charge is 2.02. The molecule has 1 aromatic heterocycles. The smallest absolute Gasteiger partial charge is 0.234 e. The molecule has 0 spiro atoms. The Kier molecular flexibility index (Phi) is 4.52. The number of nitrogens with zero attached hydrogens (tertiary/aromatic N) is 2. The fraction of sp³-hybridized carbons (Fsp3) is 0.429. The summed E-state index contributed by atoms with van der Waals surface area (Å²) in [7, 11) is 3.63. The van der Waals surface area contributed by atoms with E-state index in [-0.39, 0.29) is 5.91 Å². The molecule has 0 radical (unpaired) electrons. The zero-order valence-electron chi connectivity index (χ0n) is 11.4. The maximum absolute atomic E-state index is 11.4. The van der Waals surface area contributed by atoms with Crippen LogP contribution in [0, 0.1) is 0 Å². The van der Waals surface area contributed by atoms with Crippen molar-refractivity contribution in [2.24, 2.45) is 0 Å². The van der Waals surface area contributed by atoms with E-state index in [1.54, 1.807) is 11.3 Å². The third-order valence-electron chi connectivity index (χ3n) is 2.95. The zero-order chi connectivity index (χ0) is 13.7. The lowest BCUT2D eigenvalue weighted by molar-refractivity contribution is -0.124. The molecule has 5 nitrogen and oxygen atoms in total. The normalized spacial score (nSPS) is 11.1. The van der Waals surface area contributed by atoms with E-state index in [0.29, 0.717) is 6.42 Å². The van der Waals surface area contributed by atoms with Crippen molar-refractivity contribution >= 4 is 16.9 Å². The molecule has 0 aliphatic rings. The molecule has 0 fully saturated rings. The number of aryl methyl sites for hydroxylation is 1. The van der Waals surface area contributed by atoms with Gasteiger partial charge in [-0.3, -0.25) is 10.2 Å². The quantitative estimate of drug-likeness (QED) is 0.615. The largest absolute Gasteiger partial charge is 0.345 e. The molecule has 0 unspecified atom stereocenters. The highest BCUT2D eigenvalue weighted by Crippen LogP contribution is 2.14. The fourth-order valence-corrected chi connectivity index (χ4v) is 2.06. The molecule has 2 aromatic rings. The molecule has 1 aromatic carbocycles. The van der Waals surface area contributed by atoms with Crippen LogP contribution in [-0.2, 0) is 11.2 Å². The number of unbranched alkanes of at least 4 members (excludes halogenated alkanes) is 1. The van der Waals surface area contributed by atoms with Crippen LogP contribution in [0.25, 0.3) is 11.0 Å². The maximum atomic E-state index is 11.4. The fourth-order valence-electron chi connectivity index (χ4n) is 2.06. The van der Waals surface area contributed by atoms with Crippen LogP contribution in [0.3, 0.4) is 0 Å². The van der Waals surface area contributed by atoms with Gasteiger partial charge in [0.15, 0.2) is 0 Å². The molecule has 1 amide bonds. The van der Waals surface area contributed by atoms with Gasteiger partial charge in [0.2, 0.25) is 5.91 Å². The van der Waals surface area contributed by atoms with Crippen molar-refractivity contribution in [3.63, 3.8) is 0 Å². The van der Waals surface area contributed by atoms with E-state index in [1.807, 2.05) is 20.2 Å². The highest BCUT2D eigenvalue weighted by atomic mass is 16.2. The van der Waals surface area contributed by atoms with Crippen molar-refractivity contribution in [3.05, 3.63) is 30.1 Å². The SMILES string of the molecule is CN(C)NC(=O)CCCCc1ccc2nc[nH]c2c1. The number of nitrogens with one attached hydrogen (secondary N) is 2. The van der Waals surface area contributed by atoms with Gasteiger partial charge in [0.25, 0.3) is 0 Å². The minimum absolute atomic E-state index is 0.0778. The number of carbonyl (C=O) groups excluding carboxylic acids is 1. The van der Waals surface area contributed by atoms with Gasteiger partial charge >= 0.3 is 0 Å². The number of amides is 1. The summed E-state index contributed by atoms with van der Waals surface area (Å²) in [6.45, 7) is 0. The molecule has 0 saturated carbocycles. The lowest BCUT2D eigenvalue weighted by atomic mass is 10.1. The number of imidazole rings is 1. The van der Waals surface area contributed by atoms with Crippen molar-refractivity contribution in [2.45, 2.75) is 25.7 Å². The van der Waals surface area contributed by atoms with Crippen LogP contribution in [0.1, 0.15) is 24.8 Å². The number of benzene rings is 1. The third kappa shape index (κ3) is 4.06. The van der Waals surface area contributed by atoms with Crippen molar-refractivity contribution in [1.29, 1.82) is 0 Å². The summed E-state index contributed by atoms with van der Waals surface area (Å²) < 4.78 is 0. The van der Waals surface area contributed by atoms with E-state index >= 15 is 0 Å². The van der Waals surface area contributed by atoms with Crippen molar-refractivity contribution in [3.8, 4) is 0 Å². The molecule has 0 saturated heterocycles. The van der Waals surface area contributed by atoms with Gasteiger partial charge in [-0.2, -0.15) is 0 Å². The van der Waals surface area contributed by atoms with E-state index in [4.69, 9.17) is 0 Å². The van der Waals surface area contributed by atoms with E-state index < -0.39 is 0 Å². The summed E-state index contributed by atoms with van der Waals surface area (Å²) in [5.74, 6) is 0.0778. The second-order valence-corrected chi connectivity index (χ2v) is 4.89. The predicted molar refractivity (Wildman–Crippen MR) is 75.5 cm³/mol. The van der Waals surface area contributed by atoms with Gasteiger partial charge in [-0.1, -0.05) is 6.07 Å². The summed E-state index contributed by atoms with van der Waals surface area (Å²) in [5, 5.41) is 1.68. The second kappa shape index (κ2) is 6.33. The van der Waals surface area contributed by atoms with E-state index in [9.17, 15) is 4.79 Å². The number of fused-ring (bicyclic) bond motifs is 1. The maximum Gasteiger partial charge on any atom is 0.234 e. The van der Waals surface area contributed by atoms with Gasteiger partial charge in [0, 0.05) is 20.5 Å². The van der Waals surface area contributed by atoms with Gasteiger partial charge in [-0.15, -0.1) is 0 Å². The Bertz CT molecular complexity index is 547. The van der Waals surface area contributed by atoms with Crippen molar-refractivity contribution in [1.82, 2.24) is 20.4 Å². The van der Waals surface area contributed by atoms with Crippen molar-refractivity contribution in [2.75, 3.05) is 14.1 Å². The Balaban J connectivity index is 1.74. The first-order chi connectivity index (χ1) is 9.15.